The highest BCUT2D eigenvalue weighted by atomic mass is 79.9. The van der Waals surface area contributed by atoms with Crippen molar-refractivity contribution in [2.45, 2.75) is 32.0 Å². The fourth-order valence-corrected chi connectivity index (χ4v) is 2.23. The van der Waals surface area contributed by atoms with Gasteiger partial charge in [-0.2, -0.15) is 0 Å². The van der Waals surface area contributed by atoms with Crippen molar-refractivity contribution in [2.24, 2.45) is 0 Å². The first-order chi connectivity index (χ1) is 8.60. The molecule has 0 saturated heterocycles. The zero-order valence-electron chi connectivity index (χ0n) is 9.99. The Morgan fingerprint density at radius 3 is 2.83 bits per heavy atom. The summed E-state index contributed by atoms with van der Waals surface area (Å²) >= 11 is 3.19. The molecule has 0 heterocycles. The summed E-state index contributed by atoms with van der Waals surface area (Å²) in [7, 11) is 0. The van der Waals surface area contributed by atoms with Gasteiger partial charge in [0.05, 0.1) is 0 Å². The van der Waals surface area contributed by atoms with Gasteiger partial charge in [-0.3, -0.25) is 4.79 Å². The lowest BCUT2D eigenvalue weighted by Gasteiger charge is -2.34. The zero-order chi connectivity index (χ0) is 13.1. The molecule has 3 nitrogen and oxygen atoms in total. The lowest BCUT2D eigenvalue weighted by Crippen LogP contribution is -2.52. The molecular weight excluding hydrogens is 303 g/mol. The molecule has 2 unspecified atom stereocenters. The molecule has 0 N–H and O–H groups in total. The monoisotopic (exact) mass is 316 g/mol. The van der Waals surface area contributed by atoms with Crippen LogP contribution in [0.15, 0.2) is 22.7 Å². The Bertz CT molecular complexity index is 430. The van der Waals surface area contributed by atoms with Crippen LogP contribution in [-0.2, 0) is 9.53 Å². The van der Waals surface area contributed by atoms with E-state index in [1.54, 1.807) is 6.07 Å². The quantitative estimate of drug-likeness (QED) is 0.837. The van der Waals surface area contributed by atoms with Gasteiger partial charge in [-0.1, -0.05) is 22.9 Å². The van der Waals surface area contributed by atoms with Crippen LogP contribution in [-0.4, -0.2) is 24.6 Å². The fourth-order valence-electron chi connectivity index (χ4n) is 1.79. The minimum Gasteiger partial charge on any atom is -0.487 e. The van der Waals surface area contributed by atoms with Crippen LogP contribution >= 0.6 is 15.9 Å². The zero-order valence-corrected chi connectivity index (χ0v) is 11.6. The SMILES string of the molecule is CCCOC1C(=O)CC1Oc1cc(F)cc(Br)c1. The van der Waals surface area contributed by atoms with E-state index in [0.29, 0.717) is 23.2 Å². The summed E-state index contributed by atoms with van der Waals surface area (Å²) in [5.41, 5.74) is 0. The summed E-state index contributed by atoms with van der Waals surface area (Å²) in [4.78, 5) is 11.4. The number of benzene rings is 1. The number of carbonyl (C=O) groups excluding carboxylic acids is 1. The third kappa shape index (κ3) is 3.09. The summed E-state index contributed by atoms with van der Waals surface area (Å²) in [5.74, 6) is 0.0736. The van der Waals surface area contributed by atoms with Gasteiger partial charge in [-0.25, -0.2) is 4.39 Å². The Morgan fingerprint density at radius 1 is 1.44 bits per heavy atom. The smallest absolute Gasteiger partial charge is 0.169 e. The molecule has 1 fully saturated rings. The van der Waals surface area contributed by atoms with E-state index >= 15 is 0 Å². The molecule has 1 saturated carbocycles. The lowest BCUT2D eigenvalue weighted by atomic mass is 9.90. The van der Waals surface area contributed by atoms with E-state index in [0.717, 1.165) is 6.42 Å². The van der Waals surface area contributed by atoms with Crippen LogP contribution in [0.5, 0.6) is 5.75 Å². The van der Waals surface area contributed by atoms with Gasteiger partial charge in [0, 0.05) is 23.6 Å². The van der Waals surface area contributed by atoms with E-state index in [1.807, 2.05) is 6.92 Å². The van der Waals surface area contributed by atoms with E-state index in [1.165, 1.54) is 12.1 Å². The van der Waals surface area contributed by atoms with Crippen LogP contribution < -0.4 is 4.74 Å². The summed E-state index contributed by atoms with van der Waals surface area (Å²) in [6, 6.07) is 4.32. The van der Waals surface area contributed by atoms with Crippen molar-refractivity contribution in [1.82, 2.24) is 0 Å². The van der Waals surface area contributed by atoms with Crippen LogP contribution in [0.1, 0.15) is 19.8 Å². The van der Waals surface area contributed by atoms with Crippen molar-refractivity contribution in [2.75, 3.05) is 6.61 Å². The lowest BCUT2D eigenvalue weighted by molar-refractivity contribution is -0.154. The third-order valence-corrected chi connectivity index (χ3v) is 3.14. The third-order valence-electron chi connectivity index (χ3n) is 2.68. The molecule has 1 aromatic rings. The molecule has 18 heavy (non-hydrogen) atoms. The minimum atomic E-state index is -0.507. The van der Waals surface area contributed by atoms with Gasteiger partial charge in [-0.15, -0.1) is 0 Å². The maximum Gasteiger partial charge on any atom is 0.169 e. The van der Waals surface area contributed by atoms with E-state index in [2.05, 4.69) is 15.9 Å². The van der Waals surface area contributed by atoms with Crippen LogP contribution in [0.25, 0.3) is 0 Å². The summed E-state index contributed by atoms with van der Waals surface area (Å²) in [6.45, 7) is 2.51. The number of ether oxygens (including phenoxy) is 2. The summed E-state index contributed by atoms with van der Waals surface area (Å²) < 4.78 is 24.8. The Kier molecular flexibility index (Phi) is 4.35. The Labute approximate surface area is 113 Å². The maximum atomic E-state index is 13.2. The first-order valence-corrected chi connectivity index (χ1v) is 6.66. The molecule has 0 aliphatic heterocycles. The van der Waals surface area contributed by atoms with Gasteiger partial charge in [-0.05, 0) is 18.6 Å². The Hall–Kier alpha value is -0.940. The van der Waals surface area contributed by atoms with Crippen molar-refractivity contribution < 1.29 is 18.7 Å². The highest BCUT2D eigenvalue weighted by Crippen LogP contribution is 2.28. The van der Waals surface area contributed by atoms with Gasteiger partial charge in [0.2, 0.25) is 0 Å². The molecule has 0 aromatic heterocycles. The molecule has 1 aromatic carbocycles. The second-order valence-corrected chi connectivity index (χ2v) is 5.14. The van der Waals surface area contributed by atoms with Crippen LogP contribution in [0.3, 0.4) is 0 Å². The molecule has 1 aliphatic carbocycles. The predicted molar refractivity (Wildman–Crippen MR) is 68.2 cm³/mol. The van der Waals surface area contributed by atoms with E-state index < -0.39 is 6.10 Å². The average molecular weight is 317 g/mol. The van der Waals surface area contributed by atoms with Crippen LogP contribution in [0, 0.1) is 5.82 Å². The van der Waals surface area contributed by atoms with Gasteiger partial charge in [0.15, 0.2) is 11.9 Å². The second-order valence-electron chi connectivity index (χ2n) is 4.22. The van der Waals surface area contributed by atoms with Gasteiger partial charge in [0.25, 0.3) is 0 Å². The number of Topliss-reactive ketones (excluding diaryl/α,β-unsaturated/α-hetero) is 1. The Morgan fingerprint density at radius 2 is 2.22 bits per heavy atom. The molecule has 2 rings (SSSR count). The number of carbonyl (C=O) groups is 1. The molecule has 0 radical (unpaired) electrons. The van der Waals surface area contributed by atoms with Gasteiger partial charge < -0.3 is 9.47 Å². The van der Waals surface area contributed by atoms with Crippen molar-refractivity contribution in [3.8, 4) is 5.75 Å². The fraction of sp³-hybridized carbons (Fsp3) is 0.462. The van der Waals surface area contributed by atoms with E-state index in [9.17, 15) is 9.18 Å². The second kappa shape index (κ2) is 5.80. The first kappa shape index (κ1) is 13.5. The molecule has 5 heteroatoms. The molecule has 1 aliphatic rings. The highest BCUT2D eigenvalue weighted by molar-refractivity contribution is 9.10. The average Bonchev–Trinajstić information content (AvgIpc) is 2.27. The summed E-state index contributed by atoms with van der Waals surface area (Å²) in [5, 5.41) is 0. The molecule has 2 atom stereocenters. The molecule has 0 amide bonds. The van der Waals surface area contributed by atoms with Crippen molar-refractivity contribution in [1.29, 1.82) is 0 Å². The maximum absolute atomic E-state index is 13.2. The van der Waals surface area contributed by atoms with Crippen molar-refractivity contribution >= 4 is 21.7 Å². The topological polar surface area (TPSA) is 35.5 Å². The first-order valence-electron chi connectivity index (χ1n) is 5.87. The number of hydrogen-bond acceptors (Lipinski definition) is 3. The summed E-state index contributed by atoms with van der Waals surface area (Å²) in [6.07, 6.45) is 0.356. The number of rotatable bonds is 5. The molecule has 0 bridgehead atoms. The number of halogens is 2. The van der Waals surface area contributed by atoms with E-state index in [4.69, 9.17) is 9.47 Å². The van der Waals surface area contributed by atoms with Crippen LogP contribution in [0.2, 0.25) is 0 Å². The number of ketones is 1. The largest absolute Gasteiger partial charge is 0.487 e. The highest BCUT2D eigenvalue weighted by Gasteiger charge is 2.42. The minimum absolute atomic E-state index is 0.0453. The Balaban J connectivity index is 1.98. The predicted octanol–water partition coefficient (Wildman–Crippen LogP) is 3.10. The van der Waals surface area contributed by atoms with Gasteiger partial charge in [0.1, 0.15) is 17.7 Å². The van der Waals surface area contributed by atoms with E-state index in [-0.39, 0.29) is 17.7 Å². The molecule has 0 spiro atoms. The van der Waals surface area contributed by atoms with Crippen molar-refractivity contribution in [3.05, 3.63) is 28.5 Å². The molecule has 98 valence electrons. The van der Waals surface area contributed by atoms with Crippen molar-refractivity contribution in [3.63, 3.8) is 0 Å². The normalized spacial score (nSPS) is 22.7. The molecular formula is C13H14BrFO3. The number of hydrogen-bond donors (Lipinski definition) is 0. The standard InChI is InChI=1S/C13H14BrFO3/c1-2-3-17-13-11(16)7-12(13)18-10-5-8(14)4-9(15)6-10/h4-6,12-13H,2-3,7H2,1H3. The van der Waals surface area contributed by atoms with Crippen LogP contribution in [0.4, 0.5) is 4.39 Å². The van der Waals surface area contributed by atoms with Gasteiger partial charge >= 0.3 is 0 Å².